The molecule has 0 spiro atoms. The zero-order valence-corrected chi connectivity index (χ0v) is 12.5. The second-order valence-electron chi connectivity index (χ2n) is 3.66. The van der Waals surface area contributed by atoms with Gasteiger partial charge < -0.3 is 5.11 Å². The predicted octanol–water partition coefficient (Wildman–Crippen LogP) is 3.68. The fourth-order valence-corrected chi connectivity index (χ4v) is 2.13. The fourth-order valence-electron chi connectivity index (χ4n) is 1.39. The second-order valence-corrected chi connectivity index (χ2v) is 5.37. The Morgan fingerprint density at radius 2 is 2.00 bits per heavy atom. The smallest absolute Gasteiger partial charge is 0.355 e. The predicted molar refractivity (Wildman–Crippen MR) is 74.6 cm³/mol. The quantitative estimate of drug-likeness (QED) is 0.874. The van der Waals surface area contributed by atoms with Gasteiger partial charge in [0.25, 0.3) is 0 Å². The topological polar surface area (TPSA) is 63.1 Å². The number of aryl methyl sites for hydroxylation is 1. The molecule has 0 amide bonds. The number of hydrogen-bond donors (Lipinski definition) is 1. The molecule has 1 aromatic carbocycles. The van der Waals surface area contributed by atoms with E-state index in [1.54, 1.807) is 0 Å². The van der Waals surface area contributed by atoms with Crippen molar-refractivity contribution in [2.45, 2.75) is 6.92 Å². The van der Waals surface area contributed by atoms with Gasteiger partial charge in [0.1, 0.15) is 0 Å². The Labute approximate surface area is 120 Å². The molecule has 1 heterocycles. The van der Waals surface area contributed by atoms with Crippen molar-refractivity contribution in [3.63, 3.8) is 0 Å². The van der Waals surface area contributed by atoms with Gasteiger partial charge in [-0.1, -0.05) is 28.1 Å². The molecule has 6 heteroatoms. The van der Waals surface area contributed by atoms with Crippen molar-refractivity contribution in [2.75, 3.05) is 0 Å². The number of aromatic carboxylic acids is 1. The molecule has 1 N–H and O–H groups in total. The van der Waals surface area contributed by atoms with Gasteiger partial charge in [0.15, 0.2) is 11.5 Å². The van der Waals surface area contributed by atoms with Gasteiger partial charge in [-0.15, -0.1) is 0 Å². The summed E-state index contributed by atoms with van der Waals surface area (Å²) < 4.78 is 1.30. The van der Waals surface area contributed by atoms with E-state index in [4.69, 9.17) is 5.11 Å². The first-order valence-corrected chi connectivity index (χ1v) is 6.60. The molecule has 0 bridgehead atoms. The maximum absolute atomic E-state index is 11.0. The Morgan fingerprint density at radius 1 is 1.28 bits per heavy atom. The number of rotatable bonds is 2. The Morgan fingerprint density at radius 3 is 2.61 bits per heavy atom. The highest BCUT2D eigenvalue weighted by atomic mass is 79.9. The largest absolute Gasteiger partial charge is 0.476 e. The van der Waals surface area contributed by atoms with E-state index in [1.807, 2.05) is 25.1 Å². The van der Waals surface area contributed by atoms with E-state index in [1.165, 1.54) is 6.20 Å². The van der Waals surface area contributed by atoms with Crippen LogP contribution in [-0.4, -0.2) is 21.0 Å². The Balaban J connectivity index is 2.54. The molecule has 0 saturated heterocycles. The molecule has 0 unspecified atom stereocenters. The van der Waals surface area contributed by atoms with Crippen molar-refractivity contribution in [1.82, 2.24) is 9.97 Å². The van der Waals surface area contributed by atoms with Crippen LogP contribution in [0.4, 0.5) is 0 Å². The Hall–Kier alpha value is -1.27. The molecular formula is C12H8Br2N2O2. The van der Waals surface area contributed by atoms with Gasteiger partial charge in [0, 0.05) is 16.2 Å². The lowest BCUT2D eigenvalue weighted by molar-refractivity contribution is 0.0689. The minimum absolute atomic E-state index is 0.0447. The maximum Gasteiger partial charge on any atom is 0.355 e. The van der Waals surface area contributed by atoms with Crippen LogP contribution in [0.15, 0.2) is 33.3 Å². The van der Waals surface area contributed by atoms with E-state index >= 15 is 0 Å². The van der Waals surface area contributed by atoms with Crippen molar-refractivity contribution in [3.05, 3.63) is 44.6 Å². The van der Waals surface area contributed by atoms with Crippen molar-refractivity contribution in [1.29, 1.82) is 0 Å². The van der Waals surface area contributed by atoms with Crippen LogP contribution < -0.4 is 0 Å². The summed E-state index contributed by atoms with van der Waals surface area (Å²) in [5, 5.41) is 9.01. The van der Waals surface area contributed by atoms with Crippen molar-refractivity contribution in [3.8, 4) is 11.4 Å². The average Bonchev–Trinajstić information content (AvgIpc) is 2.33. The normalized spacial score (nSPS) is 10.4. The van der Waals surface area contributed by atoms with Crippen molar-refractivity contribution < 1.29 is 9.90 Å². The summed E-state index contributed by atoms with van der Waals surface area (Å²) in [6.45, 7) is 1.97. The third kappa shape index (κ3) is 2.59. The summed E-state index contributed by atoms with van der Waals surface area (Å²) in [6, 6.07) is 5.64. The lowest BCUT2D eigenvalue weighted by atomic mass is 10.1. The molecule has 92 valence electrons. The van der Waals surface area contributed by atoms with Crippen LogP contribution >= 0.6 is 31.9 Å². The third-order valence-electron chi connectivity index (χ3n) is 2.38. The van der Waals surface area contributed by atoms with Crippen molar-refractivity contribution >= 4 is 37.8 Å². The van der Waals surface area contributed by atoms with Gasteiger partial charge in [-0.2, -0.15) is 0 Å². The van der Waals surface area contributed by atoms with Crippen molar-refractivity contribution in [2.24, 2.45) is 0 Å². The summed E-state index contributed by atoms with van der Waals surface area (Å²) in [6.07, 6.45) is 1.44. The molecule has 0 radical (unpaired) electrons. The lowest BCUT2D eigenvalue weighted by Gasteiger charge is -2.05. The summed E-state index contributed by atoms with van der Waals surface area (Å²) in [5.74, 6) is -0.701. The first-order valence-electron chi connectivity index (χ1n) is 5.01. The van der Waals surface area contributed by atoms with Gasteiger partial charge in [-0.05, 0) is 34.5 Å². The number of carbonyl (C=O) groups is 1. The highest BCUT2D eigenvalue weighted by molar-refractivity contribution is 9.10. The molecule has 0 aliphatic rings. The minimum Gasteiger partial charge on any atom is -0.476 e. The highest BCUT2D eigenvalue weighted by Crippen LogP contribution is 2.24. The van der Waals surface area contributed by atoms with Crippen LogP contribution in [0.2, 0.25) is 0 Å². The standard InChI is InChI=1S/C12H8Br2N2O2/c1-6-2-3-7(4-8(6)13)11-15-5-9(14)10(16-11)12(17)18/h2-5H,1H3,(H,17,18). The van der Waals surface area contributed by atoms with Crippen LogP contribution in [0.1, 0.15) is 16.1 Å². The van der Waals surface area contributed by atoms with Gasteiger partial charge in [0.2, 0.25) is 0 Å². The third-order valence-corrected chi connectivity index (χ3v) is 3.81. The summed E-state index contributed by atoms with van der Waals surface area (Å²) in [5.41, 5.74) is 1.81. The van der Waals surface area contributed by atoms with Crippen LogP contribution in [0.3, 0.4) is 0 Å². The molecule has 0 aliphatic heterocycles. The molecule has 18 heavy (non-hydrogen) atoms. The van der Waals surface area contributed by atoms with Crippen LogP contribution in [0.5, 0.6) is 0 Å². The molecule has 0 saturated carbocycles. The number of benzene rings is 1. The molecular weight excluding hydrogens is 364 g/mol. The summed E-state index contributed by atoms with van der Waals surface area (Å²) >= 11 is 6.54. The van der Waals surface area contributed by atoms with E-state index < -0.39 is 5.97 Å². The second kappa shape index (κ2) is 5.16. The fraction of sp³-hybridized carbons (Fsp3) is 0.0833. The van der Waals surface area contributed by atoms with Gasteiger partial charge >= 0.3 is 5.97 Å². The zero-order chi connectivity index (χ0) is 13.3. The molecule has 1 aromatic heterocycles. The first-order chi connectivity index (χ1) is 8.49. The zero-order valence-electron chi connectivity index (χ0n) is 9.32. The van der Waals surface area contributed by atoms with Gasteiger partial charge in [0.05, 0.1) is 4.47 Å². The van der Waals surface area contributed by atoms with Crippen LogP contribution in [-0.2, 0) is 0 Å². The monoisotopic (exact) mass is 370 g/mol. The molecule has 0 atom stereocenters. The van der Waals surface area contributed by atoms with E-state index in [2.05, 4.69) is 41.8 Å². The minimum atomic E-state index is -1.09. The van der Waals surface area contributed by atoms with Crippen LogP contribution in [0, 0.1) is 6.92 Å². The summed E-state index contributed by atoms with van der Waals surface area (Å²) in [4.78, 5) is 19.2. The SMILES string of the molecule is Cc1ccc(-c2ncc(Br)c(C(=O)O)n2)cc1Br. The van der Waals surface area contributed by atoms with E-state index in [0.717, 1.165) is 15.6 Å². The van der Waals surface area contributed by atoms with Gasteiger partial charge in [-0.3, -0.25) is 0 Å². The molecule has 0 fully saturated rings. The van der Waals surface area contributed by atoms with E-state index in [-0.39, 0.29) is 5.69 Å². The number of carboxylic acid groups (broad SMARTS) is 1. The maximum atomic E-state index is 11.0. The Bertz CT molecular complexity index is 629. The molecule has 0 aliphatic carbocycles. The number of nitrogens with zero attached hydrogens (tertiary/aromatic N) is 2. The Kier molecular flexibility index (Phi) is 3.77. The summed E-state index contributed by atoms with van der Waals surface area (Å²) in [7, 11) is 0. The molecule has 4 nitrogen and oxygen atoms in total. The number of halogens is 2. The lowest BCUT2D eigenvalue weighted by Crippen LogP contribution is -2.04. The number of carboxylic acids is 1. The highest BCUT2D eigenvalue weighted by Gasteiger charge is 2.13. The first kappa shape index (κ1) is 13.2. The number of aromatic nitrogens is 2. The van der Waals surface area contributed by atoms with Gasteiger partial charge in [-0.25, -0.2) is 14.8 Å². The molecule has 2 aromatic rings. The van der Waals surface area contributed by atoms with E-state index in [9.17, 15) is 4.79 Å². The van der Waals surface area contributed by atoms with E-state index in [0.29, 0.717) is 10.3 Å². The average molecular weight is 372 g/mol. The number of hydrogen-bond acceptors (Lipinski definition) is 3. The van der Waals surface area contributed by atoms with Crippen LogP contribution in [0.25, 0.3) is 11.4 Å². The molecule has 2 rings (SSSR count).